The number of benzene rings is 3. The number of rotatable bonds is 8. The first-order valence-electron chi connectivity index (χ1n) is 8.51. The molecule has 0 fully saturated rings. The first-order chi connectivity index (χ1) is 13.2. The number of hydrogen-bond donors (Lipinski definition) is 0. The number of ether oxygens (including phenoxy) is 3. The second-order valence-corrected chi connectivity index (χ2v) is 6.82. The average Bonchev–Trinajstić information content (AvgIpc) is 2.67. The topological polar surface area (TPSA) is 27.7 Å². The van der Waals surface area contributed by atoms with Crippen molar-refractivity contribution < 1.29 is 14.2 Å². The predicted molar refractivity (Wildman–Crippen MR) is 109 cm³/mol. The Bertz CT molecular complexity index is 828. The molecule has 3 nitrogen and oxygen atoms in total. The summed E-state index contributed by atoms with van der Waals surface area (Å²) in [7, 11) is 1.65. The minimum atomic E-state index is 0.375. The largest absolute Gasteiger partial charge is 0.489 e. The van der Waals surface area contributed by atoms with Crippen molar-refractivity contribution in [2.75, 3.05) is 7.11 Å². The molecule has 3 rings (SSSR count). The minimum absolute atomic E-state index is 0.375. The lowest BCUT2D eigenvalue weighted by atomic mass is 10.2. The fraction of sp³-hybridized carbons (Fsp3) is 0.182. The van der Waals surface area contributed by atoms with Crippen LogP contribution >= 0.6 is 23.2 Å². The molecule has 0 heterocycles. The van der Waals surface area contributed by atoms with Crippen molar-refractivity contribution in [3.05, 3.63) is 93.5 Å². The van der Waals surface area contributed by atoms with Crippen molar-refractivity contribution in [3.63, 3.8) is 0 Å². The maximum atomic E-state index is 6.20. The molecule has 0 saturated carbocycles. The third-order valence-electron chi connectivity index (χ3n) is 3.96. The molecule has 3 aromatic rings. The summed E-state index contributed by atoms with van der Waals surface area (Å²) in [6.45, 7) is 1.21. The highest BCUT2D eigenvalue weighted by atomic mass is 35.5. The second-order valence-electron chi connectivity index (χ2n) is 6.01. The molecule has 0 aliphatic rings. The molecule has 0 aliphatic carbocycles. The van der Waals surface area contributed by atoms with Crippen LogP contribution in [0.15, 0.2) is 66.7 Å². The van der Waals surface area contributed by atoms with Crippen molar-refractivity contribution in [1.82, 2.24) is 0 Å². The summed E-state index contributed by atoms with van der Waals surface area (Å²) < 4.78 is 17.1. The van der Waals surface area contributed by atoms with Crippen LogP contribution in [0.4, 0.5) is 0 Å². The Morgan fingerprint density at radius 2 is 1.15 bits per heavy atom. The van der Waals surface area contributed by atoms with Gasteiger partial charge in [-0.3, -0.25) is 0 Å². The lowest BCUT2D eigenvalue weighted by molar-refractivity contribution is 0.183. The molecule has 0 amide bonds. The zero-order chi connectivity index (χ0) is 19.1. The summed E-state index contributed by atoms with van der Waals surface area (Å²) in [5, 5.41) is 1.36. The van der Waals surface area contributed by atoms with Crippen molar-refractivity contribution >= 4 is 23.2 Å². The quantitative estimate of drug-likeness (QED) is 0.442. The van der Waals surface area contributed by atoms with E-state index in [0.717, 1.165) is 16.7 Å². The Kier molecular flexibility index (Phi) is 6.99. The molecular weight excluding hydrogens is 383 g/mol. The van der Waals surface area contributed by atoms with Gasteiger partial charge >= 0.3 is 0 Å². The monoisotopic (exact) mass is 402 g/mol. The SMILES string of the molecule is COCc1cc(OCc2ccccc2Cl)cc(OCc2ccccc2Cl)c1. The highest BCUT2D eigenvalue weighted by Gasteiger charge is 2.07. The Hall–Kier alpha value is -2.20. The average molecular weight is 403 g/mol. The molecule has 0 atom stereocenters. The van der Waals surface area contributed by atoms with Crippen molar-refractivity contribution in [3.8, 4) is 11.5 Å². The van der Waals surface area contributed by atoms with E-state index in [2.05, 4.69) is 0 Å². The Labute approximate surface area is 169 Å². The van der Waals surface area contributed by atoms with Gasteiger partial charge in [-0.1, -0.05) is 59.6 Å². The third-order valence-corrected chi connectivity index (χ3v) is 4.69. The van der Waals surface area contributed by atoms with E-state index in [1.807, 2.05) is 66.7 Å². The minimum Gasteiger partial charge on any atom is -0.489 e. The van der Waals surface area contributed by atoms with E-state index in [-0.39, 0.29) is 0 Å². The van der Waals surface area contributed by atoms with Crippen LogP contribution in [0.3, 0.4) is 0 Å². The molecule has 140 valence electrons. The standard InChI is InChI=1S/C22H20Cl2O3/c1-25-13-16-10-19(26-14-17-6-2-4-8-21(17)23)12-20(11-16)27-15-18-7-3-5-9-22(18)24/h2-12H,13-15H2,1H3. The van der Waals surface area contributed by atoms with E-state index >= 15 is 0 Å². The molecule has 0 aromatic heterocycles. The van der Waals surface area contributed by atoms with Crippen LogP contribution in [-0.4, -0.2) is 7.11 Å². The van der Waals surface area contributed by atoms with E-state index in [9.17, 15) is 0 Å². The van der Waals surface area contributed by atoms with Crippen LogP contribution in [0, 0.1) is 0 Å². The maximum absolute atomic E-state index is 6.20. The highest BCUT2D eigenvalue weighted by molar-refractivity contribution is 6.31. The van der Waals surface area contributed by atoms with Crippen LogP contribution < -0.4 is 9.47 Å². The number of methoxy groups -OCH3 is 1. The first kappa shape index (κ1) is 19.6. The summed E-state index contributed by atoms with van der Waals surface area (Å²) in [5.74, 6) is 1.39. The van der Waals surface area contributed by atoms with Gasteiger partial charge < -0.3 is 14.2 Å². The molecule has 5 heteroatoms. The van der Waals surface area contributed by atoms with E-state index in [1.54, 1.807) is 7.11 Å². The summed E-state index contributed by atoms with van der Waals surface area (Å²) in [6.07, 6.45) is 0. The van der Waals surface area contributed by atoms with Gasteiger partial charge in [0.1, 0.15) is 24.7 Å². The summed E-state index contributed by atoms with van der Waals surface area (Å²) in [6, 6.07) is 21.0. The normalized spacial score (nSPS) is 10.6. The van der Waals surface area contributed by atoms with Crippen LogP contribution in [0.1, 0.15) is 16.7 Å². The van der Waals surface area contributed by atoms with Gasteiger partial charge in [0, 0.05) is 34.3 Å². The van der Waals surface area contributed by atoms with Gasteiger partial charge in [0.15, 0.2) is 0 Å². The van der Waals surface area contributed by atoms with Gasteiger partial charge in [0.2, 0.25) is 0 Å². The van der Waals surface area contributed by atoms with E-state index < -0.39 is 0 Å². The smallest absolute Gasteiger partial charge is 0.123 e. The summed E-state index contributed by atoms with van der Waals surface area (Å²) in [4.78, 5) is 0. The molecule has 0 N–H and O–H groups in total. The van der Waals surface area contributed by atoms with Gasteiger partial charge in [-0.2, -0.15) is 0 Å². The molecular formula is C22H20Cl2O3. The van der Waals surface area contributed by atoms with Gasteiger partial charge in [-0.15, -0.1) is 0 Å². The van der Waals surface area contributed by atoms with Gasteiger partial charge in [0.05, 0.1) is 6.61 Å². The van der Waals surface area contributed by atoms with E-state index in [1.165, 1.54) is 0 Å². The molecule has 27 heavy (non-hydrogen) atoms. The van der Waals surface area contributed by atoms with Crippen LogP contribution in [-0.2, 0) is 24.6 Å². The molecule has 0 bridgehead atoms. The van der Waals surface area contributed by atoms with Crippen LogP contribution in [0.2, 0.25) is 10.0 Å². The van der Waals surface area contributed by atoms with Crippen molar-refractivity contribution in [1.29, 1.82) is 0 Å². The fourth-order valence-corrected chi connectivity index (χ4v) is 2.98. The van der Waals surface area contributed by atoms with Crippen LogP contribution in [0.5, 0.6) is 11.5 Å². The Balaban J connectivity index is 1.74. The van der Waals surface area contributed by atoms with E-state index in [0.29, 0.717) is 41.4 Å². The molecule has 0 aliphatic heterocycles. The van der Waals surface area contributed by atoms with Crippen molar-refractivity contribution in [2.45, 2.75) is 19.8 Å². The lowest BCUT2D eigenvalue weighted by Gasteiger charge is -2.13. The van der Waals surface area contributed by atoms with Crippen molar-refractivity contribution in [2.24, 2.45) is 0 Å². The maximum Gasteiger partial charge on any atom is 0.123 e. The molecule has 3 aromatic carbocycles. The molecule has 0 spiro atoms. The molecule has 0 unspecified atom stereocenters. The Morgan fingerprint density at radius 3 is 1.59 bits per heavy atom. The second kappa shape index (κ2) is 9.65. The van der Waals surface area contributed by atoms with Gasteiger partial charge in [-0.05, 0) is 29.8 Å². The van der Waals surface area contributed by atoms with Gasteiger partial charge in [0.25, 0.3) is 0 Å². The fourth-order valence-electron chi connectivity index (χ4n) is 2.60. The predicted octanol–water partition coefficient (Wildman–Crippen LogP) is 6.30. The number of hydrogen-bond acceptors (Lipinski definition) is 3. The lowest BCUT2D eigenvalue weighted by Crippen LogP contribution is -2.00. The summed E-state index contributed by atoms with van der Waals surface area (Å²) in [5.41, 5.74) is 2.81. The molecule has 0 radical (unpaired) electrons. The first-order valence-corrected chi connectivity index (χ1v) is 9.26. The Morgan fingerprint density at radius 1 is 0.667 bits per heavy atom. The van der Waals surface area contributed by atoms with Crippen LogP contribution in [0.25, 0.3) is 0 Å². The summed E-state index contributed by atoms with van der Waals surface area (Å²) >= 11 is 12.4. The number of halogens is 2. The zero-order valence-corrected chi connectivity index (χ0v) is 16.5. The zero-order valence-electron chi connectivity index (χ0n) is 15.0. The van der Waals surface area contributed by atoms with Gasteiger partial charge in [-0.25, -0.2) is 0 Å². The highest BCUT2D eigenvalue weighted by Crippen LogP contribution is 2.27. The molecule has 0 saturated heterocycles. The van der Waals surface area contributed by atoms with E-state index in [4.69, 9.17) is 37.4 Å². The third kappa shape index (κ3) is 5.64.